The molecule has 1 N–H and O–H groups in total. The van der Waals surface area contributed by atoms with Gasteiger partial charge in [0.25, 0.3) is 0 Å². The fourth-order valence-corrected chi connectivity index (χ4v) is 6.09. The summed E-state index contributed by atoms with van der Waals surface area (Å²) in [4.78, 5) is 23.7. The third kappa shape index (κ3) is 11.0. The minimum absolute atomic E-state index is 0.165. The number of hydrogen-bond acceptors (Lipinski definition) is 5. The Morgan fingerprint density at radius 1 is 0.977 bits per heavy atom. The number of nitrogens with one attached hydrogen (secondary N) is 1. The normalized spacial score (nSPS) is 14.2. The van der Waals surface area contributed by atoms with E-state index in [9.17, 15) is 13.6 Å². The van der Waals surface area contributed by atoms with Crippen LogP contribution in [-0.2, 0) is 17.6 Å². The van der Waals surface area contributed by atoms with Gasteiger partial charge in [-0.15, -0.1) is 0 Å². The first-order valence-corrected chi connectivity index (χ1v) is 16.6. The molecule has 1 aliphatic rings. The molecule has 2 heterocycles. The van der Waals surface area contributed by atoms with E-state index in [4.69, 9.17) is 4.74 Å². The average molecular weight is 603 g/mol. The van der Waals surface area contributed by atoms with Crippen molar-refractivity contribution in [1.82, 2.24) is 15.3 Å². The topological polar surface area (TPSA) is 67.4 Å². The maximum absolute atomic E-state index is 14.7. The van der Waals surface area contributed by atoms with Crippen LogP contribution in [0.25, 0.3) is 0 Å². The zero-order valence-electron chi connectivity index (χ0n) is 27.0. The van der Waals surface area contributed by atoms with Crippen LogP contribution < -0.4 is 15.0 Å². The number of rotatable bonds is 19. The van der Waals surface area contributed by atoms with Gasteiger partial charge < -0.3 is 19.4 Å². The van der Waals surface area contributed by atoms with Gasteiger partial charge in [0.05, 0.1) is 39.2 Å². The number of carbonyl (C=O) groups is 1. The minimum atomic E-state index is -0.740. The van der Waals surface area contributed by atoms with Gasteiger partial charge in [0.15, 0.2) is 0 Å². The van der Waals surface area contributed by atoms with Crippen molar-refractivity contribution in [3.63, 3.8) is 0 Å². The average Bonchev–Trinajstić information content (AvgIpc) is 3.02. The molecule has 1 saturated heterocycles. The lowest BCUT2D eigenvalue weighted by Gasteiger charge is -2.35. The fraction of sp³-hybridized carbons (Fsp3) is 0.676. The molecule has 0 bridgehead atoms. The van der Waals surface area contributed by atoms with E-state index in [1.54, 1.807) is 0 Å². The first-order valence-electron chi connectivity index (χ1n) is 16.6. The highest BCUT2D eigenvalue weighted by Crippen LogP contribution is 2.25. The number of amides is 1. The van der Waals surface area contributed by atoms with E-state index in [1.165, 1.54) is 17.7 Å². The predicted octanol–water partition coefficient (Wildman–Crippen LogP) is 6.49. The molecule has 1 aromatic heterocycles. The number of unbranched alkanes of at least 4 members (excludes halogenated alkanes) is 2. The van der Waals surface area contributed by atoms with Crippen LogP contribution in [0.5, 0.6) is 5.75 Å². The zero-order chi connectivity index (χ0) is 31.1. The van der Waals surface area contributed by atoms with Gasteiger partial charge in [-0.05, 0) is 83.6 Å². The third-order valence-corrected chi connectivity index (χ3v) is 9.25. The second-order valence-corrected chi connectivity index (χ2v) is 12.0. The Balaban J connectivity index is 1.31. The van der Waals surface area contributed by atoms with E-state index < -0.39 is 11.6 Å². The van der Waals surface area contributed by atoms with Crippen LogP contribution in [0, 0.1) is 17.6 Å². The summed E-state index contributed by atoms with van der Waals surface area (Å²) in [6, 6.07) is 2.38. The molecule has 9 heteroatoms. The Morgan fingerprint density at radius 3 is 2.23 bits per heavy atom. The number of carbonyl (C=O) groups excluding carboxylic acids is 1. The standard InChI is InChI=1S/C34H53F2N5O2/c1-5-13-28-25-38-34(39-26-28)40-18-15-27(16-19-40)14-12-21-43-29-22-31(35)30(32(36)23-29)24-33(42)37-17-10-9-11-20-41(6-2,7-3)8-4/h22-23,25-27H,5-21,24H2,1-4H3/p+1. The number of piperidine rings is 1. The Bertz CT molecular complexity index is 1070. The Hall–Kier alpha value is -2.81. The second kappa shape index (κ2) is 18.1. The maximum atomic E-state index is 14.7. The zero-order valence-corrected chi connectivity index (χ0v) is 27.0. The summed E-state index contributed by atoms with van der Waals surface area (Å²) < 4.78 is 36.2. The van der Waals surface area contributed by atoms with Crippen LogP contribution in [0.2, 0.25) is 0 Å². The van der Waals surface area contributed by atoms with Crippen molar-refractivity contribution in [2.75, 3.05) is 57.3 Å². The van der Waals surface area contributed by atoms with Gasteiger partial charge in [0.1, 0.15) is 17.4 Å². The van der Waals surface area contributed by atoms with Crippen molar-refractivity contribution in [2.24, 2.45) is 5.92 Å². The van der Waals surface area contributed by atoms with E-state index in [0.29, 0.717) is 19.1 Å². The Labute approximate surface area is 258 Å². The Kier molecular flexibility index (Phi) is 14.6. The van der Waals surface area contributed by atoms with Crippen LogP contribution in [-0.4, -0.2) is 72.8 Å². The van der Waals surface area contributed by atoms with Gasteiger partial charge in [0.2, 0.25) is 11.9 Å². The molecule has 1 aromatic carbocycles. The molecule has 0 radical (unpaired) electrons. The number of anilines is 1. The van der Waals surface area contributed by atoms with Gasteiger partial charge in [-0.2, -0.15) is 0 Å². The summed E-state index contributed by atoms with van der Waals surface area (Å²) in [6.45, 7) is 16.2. The number of nitrogens with zero attached hydrogens (tertiary/aromatic N) is 4. The lowest BCUT2D eigenvalue weighted by atomic mass is 9.92. The lowest BCUT2D eigenvalue weighted by Crippen LogP contribution is -2.48. The van der Waals surface area contributed by atoms with Gasteiger partial charge in [-0.25, -0.2) is 18.7 Å². The molecule has 1 aliphatic heterocycles. The van der Waals surface area contributed by atoms with Gasteiger partial charge >= 0.3 is 0 Å². The number of quaternary nitrogens is 1. The fourth-order valence-electron chi connectivity index (χ4n) is 6.09. The van der Waals surface area contributed by atoms with Crippen LogP contribution in [0.3, 0.4) is 0 Å². The summed E-state index contributed by atoms with van der Waals surface area (Å²) >= 11 is 0. The SMILES string of the molecule is CCCc1cnc(N2CCC(CCCOc3cc(F)c(CC(=O)NCCCCC[N+](CC)(CC)CC)c(F)c3)CC2)nc1. The predicted molar refractivity (Wildman–Crippen MR) is 169 cm³/mol. The molecule has 0 aliphatic carbocycles. The van der Waals surface area contributed by atoms with Crippen molar-refractivity contribution in [3.8, 4) is 5.75 Å². The molecule has 0 spiro atoms. The molecule has 0 atom stereocenters. The number of hydrogen-bond donors (Lipinski definition) is 1. The Morgan fingerprint density at radius 2 is 1.63 bits per heavy atom. The van der Waals surface area contributed by atoms with E-state index >= 15 is 0 Å². The molecular weight excluding hydrogens is 548 g/mol. The summed E-state index contributed by atoms with van der Waals surface area (Å²) in [6.07, 6.45) is 12.6. The number of aromatic nitrogens is 2. The van der Waals surface area contributed by atoms with E-state index in [-0.39, 0.29) is 23.6 Å². The van der Waals surface area contributed by atoms with Crippen LogP contribution >= 0.6 is 0 Å². The molecule has 1 amide bonds. The maximum Gasteiger partial charge on any atom is 0.225 e. The number of ether oxygens (including phenoxy) is 1. The van der Waals surface area contributed by atoms with Crippen molar-refractivity contribution >= 4 is 11.9 Å². The smallest absolute Gasteiger partial charge is 0.225 e. The molecule has 3 rings (SSSR count). The minimum Gasteiger partial charge on any atom is -0.493 e. The largest absolute Gasteiger partial charge is 0.493 e. The van der Waals surface area contributed by atoms with Crippen LogP contribution in [0.15, 0.2) is 24.5 Å². The number of halogens is 2. The van der Waals surface area contributed by atoms with Gasteiger partial charge in [-0.1, -0.05) is 13.3 Å². The van der Waals surface area contributed by atoms with Crippen molar-refractivity contribution < 1.29 is 22.8 Å². The molecule has 0 saturated carbocycles. The molecule has 2 aromatic rings. The van der Waals surface area contributed by atoms with E-state index in [1.807, 2.05) is 12.4 Å². The van der Waals surface area contributed by atoms with Crippen molar-refractivity contribution in [2.45, 2.75) is 91.9 Å². The monoisotopic (exact) mass is 602 g/mol. The second-order valence-electron chi connectivity index (χ2n) is 12.0. The van der Waals surface area contributed by atoms with Crippen LogP contribution in [0.1, 0.15) is 90.2 Å². The quantitative estimate of drug-likeness (QED) is 0.147. The van der Waals surface area contributed by atoms with Crippen LogP contribution in [0.4, 0.5) is 14.7 Å². The summed E-state index contributed by atoms with van der Waals surface area (Å²) in [5, 5.41) is 2.81. The van der Waals surface area contributed by atoms with E-state index in [2.05, 4.69) is 47.9 Å². The molecule has 0 unspecified atom stereocenters. The first kappa shape index (κ1) is 34.7. The summed E-state index contributed by atoms with van der Waals surface area (Å²) in [5.74, 6) is -0.286. The van der Waals surface area contributed by atoms with E-state index in [0.717, 1.165) is 107 Å². The molecule has 1 fully saturated rings. The molecular formula is C34H54F2N5O2+. The number of benzene rings is 1. The molecule has 7 nitrogen and oxygen atoms in total. The summed E-state index contributed by atoms with van der Waals surface area (Å²) in [7, 11) is 0. The first-order chi connectivity index (χ1) is 20.8. The summed E-state index contributed by atoms with van der Waals surface area (Å²) in [5.41, 5.74) is 0.964. The van der Waals surface area contributed by atoms with Crippen molar-refractivity contribution in [1.29, 1.82) is 0 Å². The molecule has 240 valence electrons. The molecule has 43 heavy (non-hydrogen) atoms. The van der Waals surface area contributed by atoms with Gasteiger partial charge in [-0.3, -0.25) is 4.79 Å². The highest BCUT2D eigenvalue weighted by molar-refractivity contribution is 5.78. The lowest BCUT2D eigenvalue weighted by molar-refractivity contribution is -0.923. The number of aryl methyl sites for hydroxylation is 1. The highest BCUT2D eigenvalue weighted by atomic mass is 19.1. The third-order valence-electron chi connectivity index (χ3n) is 9.25. The van der Waals surface area contributed by atoms with Gasteiger partial charge in [0, 0.05) is 49.7 Å². The highest BCUT2D eigenvalue weighted by Gasteiger charge is 2.22. The van der Waals surface area contributed by atoms with Crippen molar-refractivity contribution in [3.05, 3.63) is 47.3 Å².